The number of benzene rings is 1. The first-order valence-corrected chi connectivity index (χ1v) is 8.29. The Balaban J connectivity index is 1.47. The van der Waals surface area contributed by atoms with Crippen molar-refractivity contribution in [2.75, 3.05) is 13.1 Å². The van der Waals surface area contributed by atoms with Gasteiger partial charge in [-0.25, -0.2) is 13.6 Å². The van der Waals surface area contributed by atoms with Gasteiger partial charge in [0.05, 0.1) is 5.60 Å². The highest BCUT2D eigenvalue weighted by Gasteiger charge is 2.69. The third-order valence-corrected chi connectivity index (χ3v) is 5.25. The van der Waals surface area contributed by atoms with Crippen LogP contribution in [0.25, 0.3) is 0 Å². The van der Waals surface area contributed by atoms with Gasteiger partial charge < -0.3 is 14.7 Å². The summed E-state index contributed by atoms with van der Waals surface area (Å²) in [5.74, 6) is -2.67. The van der Waals surface area contributed by atoms with Crippen LogP contribution < -0.4 is 0 Å². The van der Waals surface area contributed by atoms with Crippen LogP contribution in [0, 0.1) is 5.41 Å². The average molecular weight is 339 g/mol. The molecule has 1 aliphatic heterocycles. The van der Waals surface area contributed by atoms with E-state index >= 15 is 0 Å². The molecule has 1 aromatic carbocycles. The monoisotopic (exact) mass is 339 g/mol. The number of hydrogen-bond donors (Lipinski definition) is 1. The zero-order valence-electron chi connectivity index (χ0n) is 13.8. The Morgan fingerprint density at radius 1 is 1.25 bits per heavy atom. The molecular formula is C18H23F2NO3. The van der Waals surface area contributed by atoms with Gasteiger partial charge in [-0.05, 0) is 24.8 Å². The topological polar surface area (TPSA) is 49.8 Å². The molecule has 0 radical (unpaired) electrons. The standard InChI is InChI=1S/C18H23F2NO3/c1-16(13-18(16,19)20)12-17(23)7-9-21(10-8-17)15(22)24-11-14-5-3-2-4-6-14/h2-6,23H,7-13H2,1H3. The summed E-state index contributed by atoms with van der Waals surface area (Å²) < 4.78 is 32.0. The number of aliphatic hydroxyl groups is 1. The molecule has 1 aliphatic carbocycles. The smallest absolute Gasteiger partial charge is 0.410 e. The molecular weight excluding hydrogens is 316 g/mol. The number of rotatable bonds is 4. The Bertz CT molecular complexity index is 600. The van der Waals surface area contributed by atoms with E-state index < -0.39 is 23.0 Å². The fraction of sp³-hybridized carbons (Fsp3) is 0.611. The summed E-state index contributed by atoms with van der Waals surface area (Å²) in [6, 6.07) is 9.38. The van der Waals surface area contributed by atoms with Crippen LogP contribution in [0.1, 0.15) is 38.2 Å². The molecule has 0 bridgehead atoms. The minimum absolute atomic E-state index is 0.0832. The molecule has 1 N–H and O–H groups in total. The molecule has 1 amide bonds. The molecule has 0 spiro atoms. The van der Waals surface area contributed by atoms with E-state index in [2.05, 4.69) is 0 Å². The largest absolute Gasteiger partial charge is 0.445 e. The Morgan fingerprint density at radius 3 is 2.38 bits per heavy atom. The summed E-state index contributed by atoms with van der Waals surface area (Å²) in [6.07, 6.45) is 0.104. The molecule has 132 valence electrons. The van der Waals surface area contributed by atoms with Crippen molar-refractivity contribution >= 4 is 6.09 Å². The fourth-order valence-electron chi connectivity index (χ4n) is 3.46. The van der Waals surface area contributed by atoms with E-state index in [0.717, 1.165) is 5.56 Å². The number of carbonyl (C=O) groups is 1. The first kappa shape index (κ1) is 17.1. The predicted molar refractivity (Wildman–Crippen MR) is 84.7 cm³/mol. The van der Waals surface area contributed by atoms with Gasteiger partial charge in [-0.2, -0.15) is 0 Å². The van der Waals surface area contributed by atoms with Crippen molar-refractivity contribution in [3.05, 3.63) is 35.9 Å². The second kappa shape index (κ2) is 5.99. The first-order valence-electron chi connectivity index (χ1n) is 8.29. The van der Waals surface area contributed by atoms with E-state index in [-0.39, 0.29) is 19.4 Å². The van der Waals surface area contributed by atoms with Gasteiger partial charge in [-0.3, -0.25) is 0 Å². The molecule has 0 aromatic heterocycles. The van der Waals surface area contributed by atoms with E-state index in [0.29, 0.717) is 25.9 Å². The second-order valence-corrected chi connectivity index (χ2v) is 7.37. The van der Waals surface area contributed by atoms with Gasteiger partial charge in [-0.1, -0.05) is 37.3 Å². The molecule has 1 saturated heterocycles. The van der Waals surface area contributed by atoms with Crippen LogP contribution in [0.3, 0.4) is 0 Å². The molecule has 1 heterocycles. The third-order valence-electron chi connectivity index (χ3n) is 5.25. The van der Waals surface area contributed by atoms with Crippen molar-refractivity contribution in [1.82, 2.24) is 4.90 Å². The highest BCUT2D eigenvalue weighted by atomic mass is 19.3. The number of alkyl halides is 2. The number of piperidine rings is 1. The highest BCUT2D eigenvalue weighted by Crippen LogP contribution is 2.64. The number of amides is 1. The Kier molecular flexibility index (Phi) is 4.28. The number of nitrogens with zero attached hydrogens (tertiary/aromatic N) is 1. The predicted octanol–water partition coefficient (Wildman–Crippen LogP) is 3.59. The maximum absolute atomic E-state index is 13.4. The fourth-order valence-corrected chi connectivity index (χ4v) is 3.46. The van der Waals surface area contributed by atoms with Gasteiger partial charge in [0, 0.05) is 24.9 Å². The summed E-state index contributed by atoms with van der Waals surface area (Å²) in [4.78, 5) is 13.6. The first-order chi connectivity index (χ1) is 11.2. The third kappa shape index (κ3) is 3.53. The van der Waals surface area contributed by atoms with Gasteiger partial charge in [0.2, 0.25) is 0 Å². The summed E-state index contributed by atoms with van der Waals surface area (Å²) in [5, 5.41) is 10.6. The van der Waals surface area contributed by atoms with Crippen LogP contribution in [0.4, 0.5) is 13.6 Å². The van der Waals surface area contributed by atoms with E-state index in [1.165, 1.54) is 11.8 Å². The Morgan fingerprint density at radius 2 is 1.83 bits per heavy atom. The van der Waals surface area contributed by atoms with E-state index in [4.69, 9.17) is 4.74 Å². The molecule has 1 atom stereocenters. The molecule has 3 rings (SSSR count). The van der Waals surface area contributed by atoms with Crippen molar-refractivity contribution in [2.24, 2.45) is 5.41 Å². The maximum Gasteiger partial charge on any atom is 0.410 e. The molecule has 24 heavy (non-hydrogen) atoms. The number of halogens is 2. The number of carbonyl (C=O) groups excluding carboxylic acids is 1. The zero-order chi connectivity index (χ0) is 17.4. The minimum Gasteiger partial charge on any atom is -0.445 e. The molecule has 1 aromatic rings. The lowest BCUT2D eigenvalue weighted by molar-refractivity contribution is -0.0554. The Labute approximate surface area is 140 Å². The summed E-state index contributed by atoms with van der Waals surface area (Å²) >= 11 is 0. The normalized spacial score (nSPS) is 27.6. The van der Waals surface area contributed by atoms with Crippen LogP contribution in [0.15, 0.2) is 30.3 Å². The number of likely N-dealkylation sites (tertiary alicyclic amines) is 1. The Hall–Kier alpha value is -1.69. The van der Waals surface area contributed by atoms with Crippen molar-refractivity contribution in [3.8, 4) is 0 Å². The quantitative estimate of drug-likeness (QED) is 0.912. The summed E-state index contributed by atoms with van der Waals surface area (Å²) in [7, 11) is 0. The summed E-state index contributed by atoms with van der Waals surface area (Å²) in [5.41, 5.74) is -1.31. The van der Waals surface area contributed by atoms with Crippen LogP contribution in [-0.2, 0) is 11.3 Å². The van der Waals surface area contributed by atoms with Gasteiger partial charge in [0.25, 0.3) is 5.92 Å². The molecule has 1 unspecified atom stereocenters. The van der Waals surface area contributed by atoms with E-state index in [1.807, 2.05) is 30.3 Å². The van der Waals surface area contributed by atoms with E-state index in [9.17, 15) is 18.7 Å². The van der Waals surface area contributed by atoms with Crippen LogP contribution in [0.2, 0.25) is 0 Å². The molecule has 4 nitrogen and oxygen atoms in total. The van der Waals surface area contributed by atoms with Gasteiger partial charge in [0.15, 0.2) is 0 Å². The molecule has 6 heteroatoms. The lowest BCUT2D eigenvalue weighted by Crippen LogP contribution is -2.48. The summed E-state index contributed by atoms with van der Waals surface area (Å²) in [6.45, 7) is 2.37. The van der Waals surface area contributed by atoms with Crippen molar-refractivity contribution < 1.29 is 23.4 Å². The lowest BCUT2D eigenvalue weighted by atomic mass is 9.81. The van der Waals surface area contributed by atoms with Gasteiger partial charge in [-0.15, -0.1) is 0 Å². The second-order valence-electron chi connectivity index (χ2n) is 7.37. The molecule has 2 aliphatic rings. The molecule has 2 fully saturated rings. The average Bonchev–Trinajstić information content (AvgIpc) is 3.03. The van der Waals surface area contributed by atoms with E-state index in [1.54, 1.807) is 0 Å². The highest BCUT2D eigenvalue weighted by molar-refractivity contribution is 5.67. The number of hydrogen-bond acceptors (Lipinski definition) is 3. The lowest BCUT2D eigenvalue weighted by Gasteiger charge is -2.39. The van der Waals surface area contributed by atoms with Crippen LogP contribution in [-0.4, -0.2) is 40.7 Å². The number of ether oxygens (including phenoxy) is 1. The van der Waals surface area contributed by atoms with Crippen molar-refractivity contribution in [1.29, 1.82) is 0 Å². The van der Waals surface area contributed by atoms with Gasteiger partial charge in [0.1, 0.15) is 6.61 Å². The van der Waals surface area contributed by atoms with Crippen molar-refractivity contribution in [2.45, 2.75) is 50.7 Å². The van der Waals surface area contributed by atoms with Crippen LogP contribution >= 0.6 is 0 Å². The zero-order valence-corrected chi connectivity index (χ0v) is 13.8. The SMILES string of the molecule is CC1(CC2(O)CCN(C(=O)OCc3ccccc3)CC2)CC1(F)F. The maximum atomic E-state index is 13.4. The minimum atomic E-state index is -2.67. The van der Waals surface area contributed by atoms with Crippen LogP contribution in [0.5, 0.6) is 0 Å². The molecule has 1 saturated carbocycles. The van der Waals surface area contributed by atoms with Crippen molar-refractivity contribution in [3.63, 3.8) is 0 Å². The van der Waals surface area contributed by atoms with Gasteiger partial charge >= 0.3 is 6.09 Å².